The van der Waals surface area contributed by atoms with Crippen LogP contribution < -0.4 is 9.47 Å². The molecule has 0 fully saturated rings. The van der Waals surface area contributed by atoms with Crippen molar-refractivity contribution in [2.75, 3.05) is 6.61 Å². The van der Waals surface area contributed by atoms with E-state index in [1.165, 1.54) is 0 Å². The van der Waals surface area contributed by atoms with Gasteiger partial charge in [0.1, 0.15) is 17.2 Å². The van der Waals surface area contributed by atoms with Crippen molar-refractivity contribution in [3.05, 3.63) is 88.4 Å². The topological polar surface area (TPSA) is 27.7 Å². The summed E-state index contributed by atoms with van der Waals surface area (Å²) in [5.74, 6) is 1.72. The first kappa shape index (κ1) is 21.3. The molecule has 3 rings (SSSR count). The summed E-state index contributed by atoms with van der Waals surface area (Å²) in [4.78, 5) is 0. The lowest BCUT2D eigenvalue weighted by molar-refractivity contribution is -0.0505. The van der Waals surface area contributed by atoms with Gasteiger partial charge in [0.25, 0.3) is 0 Å². The zero-order chi connectivity index (χ0) is 20.5. The fourth-order valence-corrected chi connectivity index (χ4v) is 3.16. The Balaban J connectivity index is 1.46. The number of para-hydroxylation sites is 1. The van der Waals surface area contributed by atoms with E-state index in [1.54, 1.807) is 12.1 Å². The largest absolute Gasteiger partial charge is 0.457 e. The second-order valence-electron chi connectivity index (χ2n) is 6.35. The van der Waals surface area contributed by atoms with E-state index < -0.39 is 6.61 Å². The predicted octanol–water partition coefficient (Wildman–Crippen LogP) is 6.99. The Bertz CT molecular complexity index is 904. The summed E-state index contributed by atoms with van der Waals surface area (Å²) in [6.07, 6.45) is 1.29. The molecule has 0 spiro atoms. The van der Waals surface area contributed by atoms with Crippen LogP contribution in [0.4, 0.5) is 8.78 Å². The Morgan fingerprint density at radius 2 is 1.66 bits per heavy atom. The van der Waals surface area contributed by atoms with Crippen LogP contribution in [-0.4, -0.2) is 13.2 Å². The highest BCUT2D eigenvalue weighted by Crippen LogP contribution is 2.26. The number of rotatable bonds is 10. The number of hydrogen-bond acceptors (Lipinski definition) is 3. The zero-order valence-electron chi connectivity index (χ0n) is 15.7. The van der Waals surface area contributed by atoms with E-state index in [1.807, 2.05) is 60.7 Å². The first-order chi connectivity index (χ1) is 14.1. The van der Waals surface area contributed by atoms with E-state index in [2.05, 4.69) is 20.7 Å². The number of hydrogen-bond donors (Lipinski definition) is 0. The van der Waals surface area contributed by atoms with Crippen molar-refractivity contribution >= 4 is 15.9 Å². The molecule has 0 saturated heterocycles. The van der Waals surface area contributed by atoms with Gasteiger partial charge in [-0.1, -0.05) is 52.3 Å². The lowest BCUT2D eigenvalue weighted by atomic mass is 10.1. The van der Waals surface area contributed by atoms with E-state index in [9.17, 15) is 8.78 Å². The molecule has 6 heteroatoms. The maximum atomic E-state index is 12.6. The fourth-order valence-electron chi connectivity index (χ4n) is 2.82. The number of benzene rings is 3. The van der Waals surface area contributed by atoms with Gasteiger partial charge in [-0.15, -0.1) is 0 Å². The van der Waals surface area contributed by atoms with Gasteiger partial charge in [0.05, 0.1) is 6.61 Å². The molecule has 0 aliphatic carbocycles. The summed E-state index contributed by atoms with van der Waals surface area (Å²) < 4.78 is 42.0. The van der Waals surface area contributed by atoms with Gasteiger partial charge < -0.3 is 14.2 Å². The molecule has 0 saturated carbocycles. The van der Waals surface area contributed by atoms with Gasteiger partial charge in [0, 0.05) is 11.1 Å². The van der Waals surface area contributed by atoms with Crippen molar-refractivity contribution in [2.24, 2.45) is 0 Å². The molecule has 152 valence electrons. The van der Waals surface area contributed by atoms with E-state index in [4.69, 9.17) is 9.47 Å². The van der Waals surface area contributed by atoms with Crippen molar-refractivity contribution in [1.82, 2.24) is 0 Å². The Morgan fingerprint density at radius 3 is 2.45 bits per heavy atom. The zero-order valence-corrected chi connectivity index (χ0v) is 17.3. The van der Waals surface area contributed by atoms with Crippen LogP contribution in [0.3, 0.4) is 0 Å². The molecule has 0 aliphatic rings. The van der Waals surface area contributed by atoms with Gasteiger partial charge in [0.15, 0.2) is 0 Å². The molecule has 3 nitrogen and oxygen atoms in total. The minimum absolute atomic E-state index is 0.195. The molecule has 29 heavy (non-hydrogen) atoms. The fraction of sp³-hybridized carbons (Fsp3) is 0.217. The summed E-state index contributed by atoms with van der Waals surface area (Å²) >= 11 is 3.27. The molecule has 0 aliphatic heterocycles. The first-order valence-electron chi connectivity index (χ1n) is 9.23. The summed E-state index contributed by atoms with van der Waals surface area (Å²) in [7, 11) is 0. The quantitative estimate of drug-likeness (QED) is 0.303. The van der Waals surface area contributed by atoms with Crippen LogP contribution in [0, 0.1) is 0 Å². The Hall–Kier alpha value is -2.44. The summed E-state index contributed by atoms with van der Waals surface area (Å²) in [5.41, 5.74) is 1.74. The van der Waals surface area contributed by atoms with Crippen molar-refractivity contribution in [3.63, 3.8) is 0 Å². The van der Waals surface area contributed by atoms with Crippen LogP contribution in [0.5, 0.6) is 17.2 Å². The van der Waals surface area contributed by atoms with Crippen molar-refractivity contribution in [1.29, 1.82) is 0 Å². The highest BCUT2D eigenvalue weighted by Gasteiger charge is 2.10. The highest BCUT2D eigenvalue weighted by atomic mass is 79.9. The van der Waals surface area contributed by atoms with Crippen LogP contribution in [0.2, 0.25) is 0 Å². The van der Waals surface area contributed by atoms with Gasteiger partial charge in [-0.25, -0.2) is 0 Å². The summed E-state index contributed by atoms with van der Waals surface area (Å²) in [6.45, 7) is -1.88. The van der Waals surface area contributed by atoms with Gasteiger partial charge in [-0.05, 0) is 60.4 Å². The Morgan fingerprint density at radius 1 is 0.862 bits per heavy atom. The third kappa shape index (κ3) is 7.15. The van der Waals surface area contributed by atoms with Gasteiger partial charge in [-0.3, -0.25) is 0 Å². The molecule has 0 aromatic heterocycles. The maximum absolute atomic E-state index is 12.6. The number of halogens is 3. The van der Waals surface area contributed by atoms with Crippen LogP contribution in [0.25, 0.3) is 0 Å². The second-order valence-corrected chi connectivity index (χ2v) is 7.26. The molecular formula is C23H21BrF2O3. The van der Waals surface area contributed by atoms with E-state index >= 15 is 0 Å². The smallest absolute Gasteiger partial charge is 0.387 e. The molecule has 0 amide bonds. The average molecular weight is 463 g/mol. The molecule has 0 unspecified atom stereocenters. The summed E-state index contributed by atoms with van der Waals surface area (Å²) in [6, 6.07) is 22.5. The normalized spacial score (nSPS) is 10.9. The van der Waals surface area contributed by atoms with Gasteiger partial charge in [-0.2, -0.15) is 8.78 Å². The lowest BCUT2D eigenvalue weighted by Crippen LogP contribution is -2.05. The van der Waals surface area contributed by atoms with Crippen molar-refractivity contribution in [2.45, 2.75) is 26.1 Å². The van der Waals surface area contributed by atoms with E-state index in [-0.39, 0.29) is 5.75 Å². The third-order valence-corrected chi connectivity index (χ3v) is 4.62. The molecule has 0 radical (unpaired) electrons. The van der Waals surface area contributed by atoms with Gasteiger partial charge >= 0.3 is 6.61 Å². The van der Waals surface area contributed by atoms with Gasteiger partial charge in [0.2, 0.25) is 0 Å². The number of ether oxygens (including phenoxy) is 3. The Labute approximate surface area is 177 Å². The number of alkyl halides is 2. The van der Waals surface area contributed by atoms with Crippen molar-refractivity contribution in [3.8, 4) is 17.2 Å². The standard InChI is InChI=1S/C23H21BrF2O3/c24-19-12-11-18(22(15-19)29-23(25)26)7-5-13-27-16-17-6-4-10-21(14-17)28-20-8-2-1-3-9-20/h1-4,6,8-12,14-15,23H,5,7,13,16H2. The molecular weight excluding hydrogens is 442 g/mol. The maximum Gasteiger partial charge on any atom is 0.387 e. The minimum atomic E-state index is -2.84. The molecule has 0 N–H and O–H groups in total. The van der Waals surface area contributed by atoms with Crippen LogP contribution in [0.15, 0.2) is 77.3 Å². The highest BCUT2D eigenvalue weighted by molar-refractivity contribution is 9.10. The van der Waals surface area contributed by atoms with E-state index in [0.717, 1.165) is 22.6 Å². The minimum Gasteiger partial charge on any atom is -0.457 e. The van der Waals surface area contributed by atoms with Crippen molar-refractivity contribution < 1.29 is 23.0 Å². The molecule has 3 aromatic carbocycles. The van der Waals surface area contributed by atoms with Crippen LogP contribution >= 0.6 is 15.9 Å². The molecule has 0 heterocycles. The first-order valence-corrected chi connectivity index (χ1v) is 10.0. The molecule has 3 aromatic rings. The average Bonchev–Trinajstić information content (AvgIpc) is 2.70. The SMILES string of the molecule is FC(F)Oc1cc(Br)ccc1CCCOCc1cccc(Oc2ccccc2)c1. The van der Waals surface area contributed by atoms with Crippen LogP contribution in [-0.2, 0) is 17.8 Å². The third-order valence-electron chi connectivity index (χ3n) is 4.13. The monoisotopic (exact) mass is 462 g/mol. The Kier molecular flexibility index (Phi) is 8.02. The summed E-state index contributed by atoms with van der Waals surface area (Å²) in [5, 5.41) is 0. The number of aryl methyl sites for hydroxylation is 1. The molecule has 0 atom stereocenters. The lowest BCUT2D eigenvalue weighted by Gasteiger charge is -2.11. The second kappa shape index (κ2) is 10.9. The van der Waals surface area contributed by atoms with Crippen LogP contribution in [0.1, 0.15) is 17.5 Å². The predicted molar refractivity (Wildman–Crippen MR) is 112 cm³/mol. The van der Waals surface area contributed by atoms with E-state index in [0.29, 0.717) is 30.5 Å². The molecule has 0 bridgehead atoms.